The fraction of sp³-hybridized carbons (Fsp3) is 0.455. The van der Waals surface area contributed by atoms with Gasteiger partial charge in [0.05, 0.1) is 5.02 Å². The van der Waals surface area contributed by atoms with Gasteiger partial charge in [-0.15, -0.1) is 0 Å². The zero-order valence-corrected chi connectivity index (χ0v) is 10.8. The summed E-state index contributed by atoms with van der Waals surface area (Å²) in [6.07, 6.45) is 3.86. The van der Waals surface area contributed by atoms with Gasteiger partial charge in [-0.2, -0.15) is 0 Å². The van der Waals surface area contributed by atoms with Gasteiger partial charge in [-0.3, -0.25) is 0 Å². The van der Waals surface area contributed by atoms with Gasteiger partial charge in [-0.25, -0.2) is 0 Å². The van der Waals surface area contributed by atoms with Crippen molar-refractivity contribution in [2.75, 3.05) is 0 Å². The lowest BCUT2D eigenvalue weighted by molar-refractivity contribution is 0.264. The van der Waals surface area contributed by atoms with E-state index in [1.165, 1.54) is 24.8 Å². The predicted octanol–water partition coefficient (Wildman–Crippen LogP) is 3.74. The van der Waals surface area contributed by atoms with Crippen LogP contribution in [-0.2, 0) is 0 Å². The van der Waals surface area contributed by atoms with Crippen molar-refractivity contribution < 1.29 is 0 Å². The minimum Gasteiger partial charge on any atom is -0.324 e. The van der Waals surface area contributed by atoms with Gasteiger partial charge in [0.15, 0.2) is 0 Å². The topological polar surface area (TPSA) is 26.0 Å². The molecule has 0 unspecified atom stereocenters. The van der Waals surface area contributed by atoms with Crippen LogP contribution in [0.5, 0.6) is 0 Å². The summed E-state index contributed by atoms with van der Waals surface area (Å²) in [5.41, 5.74) is 7.42. The molecule has 0 aliphatic heterocycles. The molecule has 1 fully saturated rings. The molecule has 2 rings (SSSR count). The number of benzene rings is 1. The van der Waals surface area contributed by atoms with Crippen LogP contribution < -0.4 is 5.73 Å². The van der Waals surface area contributed by atoms with Crippen molar-refractivity contribution in [3.05, 3.63) is 32.4 Å². The summed E-state index contributed by atoms with van der Waals surface area (Å²) in [7, 11) is 0. The van der Waals surface area contributed by atoms with Gasteiger partial charge in [0, 0.05) is 9.61 Å². The van der Waals surface area contributed by atoms with Crippen LogP contribution in [0.4, 0.5) is 0 Å². The number of rotatable bonds is 2. The van der Waals surface area contributed by atoms with E-state index in [4.69, 9.17) is 17.3 Å². The van der Waals surface area contributed by atoms with E-state index < -0.39 is 0 Å². The van der Waals surface area contributed by atoms with E-state index in [1.807, 2.05) is 12.1 Å². The third kappa shape index (κ3) is 1.92. The van der Waals surface area contributed by atoms with Gasteiger partial charge in [0.25, 0.3) is 0 Å². The molecule has 0 saturated heterocycles. The Balaban J connectivity index is 2.26. The van der Waals surface area contributed by atoms with Gasteiger partial charge < -0.3 is 5.73 Å². The quantitative estimate of drug-likeness (QED) is 0.825. The second-order valence-electron chi connectivity index (χ2n) is 3.86. The second-order valence-corrected chi connectivity index (χ2v) is 5.35. The van der Waals surface area contributed by atoms with E-state index in [-0.39, 0.29) is 6.04 Å². The fourth-order valence-corrected chi connectivity index (χ4v) is 2.73. The first-order valence-electron chi connectivity index (χ1n) is 4.89. The smallest absolute Gasteiger partial charge is 0.0542 e. The summed E-state index contributed by atoms with van der Waals surface area (Å²) >= 11 is 8.34. The zero-order valence-electron chi connectivity index (χ0n) is 7.84. The number of nitrogens with two attached hydrogens (primary N) is 1. The molecule has 14 heavy (non-hydrogen) atoms. The van der Waals surface area contributed by atoms with Crippen molar-refractivity contribution in [1.82, 2.24) is 0 Å². The summed E-state index contributed by atoms with van der Waals surface area (Å²) in [5.74, 6) is 0.669. The molecule has 1 aliphatic rings. The molecular weight excluding hydrogens is 308 g/mol. The Bertz CT molecular complexity index is 336. The van der Waals surface area contributed by atoms with Gasteiger partial charge in [-0.05, 0) is 53.0 Å². The lowest BCUT2D eigenvalue weighted by Gasteiger charge is -2.32. The molecule has 0 radical (unpaired) electrons. The van der Waals surface area contributed by atoms with E-state index in [0.29, 0.717) is 5.92 Å². The largest absolute Gasteiger partial charge is 0.324 e. The lowest BCUT2D eigenvalue weighted by atomic mass is 9.78. The van der Waals surface area contributed by atoms with Crippen LogP contribution in [0.2, 0.25) is 5.02 Å². The van der Waals surface area contributed by atoms with Crippen molar-refractivity contribution in [3.63, 3.8) is 0 Å². The molecular formula is C11H13ClIN. The maximum atomic E-state index is 6.21. The molecule has 0 amide bonds. The van der Waals surface area contributed by atoms with E-state index in [1.54, 1.807) is 0 Å². The monoisotopic (exact) mass is 321 g/mol. The average Bonchev–Trinajstić information content (AvgIpc) is 2.06. The molecule has 2 N–H and O–H groups in total. The Morgan fingerprint density at radius 2 is 2.14 bits per heavy atom. The maximum absolute atomic E-state index is 6.21. The van der Waals surface area contributed by atoms with Crippen molar-refractivity contribution in [2.24, 2.45) is 11.7 Å². The van der Waals surface area contributed by atoms with Crippen molar-refractivity contribution in [1.29, 1.82) is 0 Å². The third-order valence-electron chi connectivity index (χ3n) is 3.00. The van der Waals surface area contributed by atoms with Gasteiger partial charge in [0.1, 0.15) is 0 Å². The molecule has 76 valence electrons. The summed E-state index contributed by atoms with van der Waals surface area (Å²) in [6.45, 7) is 0. The Morgan fingerprint density at radius 3 is 2.71 bits per heavy atom. The minimum absolute atomic E-state index is 0.175. The van der Waals surface area contributed by atoms with E-state index >= 15 is 0 Å². The first-order chi connectivity index (χ1) is 6.70. The summed E-state index contributed by atoms with van der Waals surface area (Å²) in [4.78, 5) is 0. The van der Waals surface area contributed by atoms with Crippen LogP contribution in [0.1, 0.15) is 30.9 Å². The van der Waals surface area contributed by atoms with Gasteiger partial charge >= 0.3 is 0 Å². The zero-order chi connectivity index (χ0) is 10.1. The van der Waals surface area contributed by atoms with Gasteiger partial charge in [-0.1, -0.05) is 30.2 Å². The van der Waals surface area contributed by atoms with E-state index in [2.05, 4.69) is 28.7 Å². The highest BCUT2D eigenvalue weighted by Gasteiger charge is 2.26. The Hall–Kier alpha value is 0.200. The third-order valence-corrected chi connectivity index (χ3v) is 4.84. The SMILES string of the molecule is N[C@H](c1cccc(Cl)c1I)C1CCC1. The summed E-state index contributed by atoms with van der Waals surface area (Å²) in [6, 6.07) is 6.17. The standard InChI is InChI=1S/C11H13ClIN/c12-9-6-2-5-8(10(9)13)11(14)7-3-1-4-7/h2,5-7,11H,1,3-4,14H2/t11-/m0/s1. The van der Waals surface area contributed by atoms with E-state index in [9.17, 15) is 0 Å². The molecule has 1 aromatic rings. The Morgan fingerprint density at radius 1 is 1.43 bits per heavy atom. The molecule has 0 bridgehead atoms. The number of hydrogen-bond donors (Lipinski definition) is 1. The number of hydrogen-bond acceptors (Lipinski definition) is 1. The minimum atomic E-state index is 0.175. The Kier molecular flexibility index (Phi) is 3.34. The van der Waals surface area contributed by atoms with Crippen molar-refractivity contribution in [2.45, 2.75) is 25.3 Å². The van der Waals surface area contributed by atoms with Crippen LogP contribution in [0.3, 0.4) is 0 Å². The highest BCUT2D eigenvalue weighted by atomic mass is 127. The molecule has 1 aliphatic carbocycles. The van der Waals surface area contributed by atoms with E-state index in [0.717, 1.165) is 8.59 Å². The highest BCUT2D eigenvalue weighted by molar-refractivity contribution is 14.1. The summed E-state index contributed by atoms with van der Waals surface area (Å²) < 4.78 is 1.12. The second kappa shape index (κ2) is 4.37. The number of halogens is 2. The lowest BCUT2D eigenvalue weighted by Crippen LogP contribution is -2.27. The Labute approximate surface area is 103 Å². The van der Waals surface area contributed by atoms with Crippen LogP contribution in [0, 0.1) is 9.49 Å². The molecule has 1 nitrogen and oxygen atoms in total. The highest BCUT2D eigenvalue weighted by Crippen LogP contribution is 2.38. The molecule has 1 aromatic carbocycles. The first kappa shape index (κ1) is 10.7. The summed E-state index contributed by atoms with van der Waals surface area (Å²) in [5, 5.41) is 0.817. The first-order valence-corrected chi connectivity index (χ1v) is 6.35. The molecule has 0 spiro atoms. The van der Waals surface area contributed by atoms with Crippen LogP contribution in [0.25, 0.3) is 0 Å². The molecule has 0 heterocycles. The van der Waals surface area contributed by atoms with Crippen LogP contribution in [0.15, 0.2) is 18.2 Å². The fourth-order valence-electron chi connectivity index (χ4n) is 1.83. The molecule has 1 saturated carbocycles. The average molecular weight is 322 g/mol. The molecule has 1 atom stereocenters. The van der Waals surface area contributed by atoms with Crippen LogP contribution >= 0.6 is 34.2 Å². The molecule has 0 aromatic heterocycles. The van der Waals surface area contributed by atoms with Crippen LogP contribution in [-0.4, -0.2) is 0 Å². The maximum Gasteiger partial charge on any atom is 0.0542 e. The van der Waals surface area contributed by atoms with Crippen molar-refractivity contribution >= 4 is 34.2 Å². The van der Waals surface area contributed by atoms with Crippen molar-refractivity contribution in [3.8, 4) is 0 Å². The van der Waals surface area contributed by atoms with Gasteiger partial charge in [0.2, 0.25) is 0 Å². The molecule has 3 heteroatoms. The normalized spacial score (nSPS) is 19.1. The predicted molar refractivity (Wildman–Crippen MR) is 68.4 cm³/mol.